The molecule has 2 aromatic rings. The fraction of sp³-hybridized carbons (Fsp3) is 0.400. The zero-order chi connectivity index (χ0) is 15.8. The fourth-order valence-corrected chi connectivity index (χ4v) is 2.04. The largest absolute Gasteiger partial charge is 0.339 e. The quantitative estimate of drug-likeness (QED) is 0.445. The Morgan fingerprint density at radius 2 is 1.91 bits per heavy atom. The molecule has 1 heterocycles. The van der Waals surface area contributed by atoms with Gasteiger partial charge in [-0.3, -0.25) is 10.0 Å². The van der Waals surface area contributed by atoms with E-state index in [2.05, 4.69) is 10.1 Å². The van der Waals surface area contributed by atoms with Crippen LogP contribution in [0.1, 0.15) is 38.0 Å². The molecular weight excluding hydrogens is 289 g/mol. The van der Waals surface area contributed by atoms with Gasteiger partial charge in [-0.2, -0.15) is 4.98 Å². The van der Waals surface area contributed by atoms with Crippen molar-refractivity contribution in [1.82, 2.24) is 15.6 Å². The van der Waals surface area contributed by atoms with Gasteiger partial charge in [0.15, 0.2) is 0 Å². The minimum Gasteiger partial charge on any atom is -0.339 e. The number of aryl methyl sites for hydroxylation is 1. The number of hydroxylamine groups is 1. The Balaban J connectivity index is 1.71. The van der Waals surface area contributed by atoms with Gasteiger partial charge in [-0.25, -0.2) is 9.87 Å². The number of aromatic nitrogens is 2. The molecule has 0 radical (unpaired) electrons. The normalized spacial score (nSPS) is 10.6. The summed E-state index contributed by atoms with van der Waals surface area (Å²) in [6, 6.07) is 5.92. The molecule has 0 aliphatic rings. The summed E-state index contributed by atoms with van der Waals surface area (Å²) in [5.41, 5.74) is 2.32. The van der Waals surface area contributed by atoms with Crippen molar-refractivity contribution in [3.8, 4) is 11.4 Å². The number of nitrogens with zero attached hydrogens (tertiary/aromatic N) is 2. The number of carbonyl (C=O) groups excluding carboxylic acids is 1. The highest BCUT2D eigenvalue weighted by atomic mass is 19.1. The lowest BCUT2D eigenvalue weighted by Crippen LogP contribution is -2.17. The van der Waals surface area contributed by atoms with Gasteiger partial charge in [0.25, 0.3) is 0 Å². The maximum Gasteiger partial charge on any atom is 0.243 e. The topological polar surface area (TPSA) is 88.2 Å². The molecule has 0 bridgehead atoms. The highest BCUT2D eigenvalue weighted by Gasteiger charge is 2.08. The molecule has 0 spiro atoms. The van der Waals surface area contributed by atoms with Gasteiger partial charge >= 0.3 is 0 Å². The smallest absolute Gasteiger partial charge is 0.243 e. The van der Waals surface area contributed by atoms with Gasteiger partial charge in [0.05, 0.1) is 0 Å². The van der Waals surface area contributed by atoms with Crippen molar-refractivity contribution in [2.75, 3.05) is 0 Å². The van der Waals surface area contributed by atoms with Crippen molar-refractivity contribution in [3.05, 3.63) is 36.0 Å². The lowest BCUT2D eigenvalue weighted by Gasteiger charge is -1.99. The van der Waals surface area contributed by atoms with Crippen LogP contribution in [0.3, 0.4) is 0 Å². The zero-order valence-electron chi connectivity index (χ0n) is 12.1. The van der Waals surface area contributed by atoms with Crippen LogP contribution in [0.2, 0.25) is 0 Å². The second-order valence-electron chi connectivity index (χ2n) is 4.97. The Hall–Kier alpha value is -2.28. The molecule has 1 amide bonds. The molecule has 0 fully saturated rings. The number of nitrogens with one attached hydrogen (secondary N) is 1. The second kappa shape index (κ2) is 8.23. The number of hydrogen-bond acceptors (Lipinski definition) is 5. The molecule has 7 heteroatoms. The molecule has 0 unspecified atom stereocenters. The van der Waals surface area contributed by atoms with Gasteiger partial charge < -0.3 is 4.52 Å². The Morgan fingerprint density at radius 3 is 2.64 bits per heavy atom. The Bertz CT molecular complexity index is 598. The maximum atomic E-state index is 12.8. The SMILES string of the molecule is O=C(CCCCCCc1nc(-c2ccc(F)cc2)no1)NO. The average Bonchev–Trinajstić information content (AvgIpc) is 3.00. The second-order valence-corrected chi connectivity index (χ2v) is 4.97. The van der Waals surface area contributed by atoms with Crippen LogP contribution in [-0.4, -0.2) is 21.3 Å². The predicted octanol–water partition coefficient (Wildman–Crippen LogP) is 2.87. The minimum atomic E-state index is -0.360. The first-order chi connectivity index (χ1) is 10.7. The first-order valence-corrected chi connectivity index (χ1v) is 7.20. The van der Waals surface area contributed by atoms with Crippen LogP contribution in [0, 0.1) is 5.82 Å². The summed E-state index contributed by atoms with van der Waals surface area (Å²) in [7, 11) is 0. The average molecular weight is 307 g/mol. The number of hydrogen-bond donors (Lipinski definition) is 2. The Kier molecular flexibility index (Phi) is 6.02. The number of benzene rings is 1. The van der Waals surface area contributed by atoms with Gasteiger partial charge in [-0.05, 0) is 37.1 Å². The van der Waals surface area contributed by atoms with Crippen molar-refractivity contribution in [2.24, 2.45) is 0 Å². The Labute approximate surface area is 127 Å². The molecular formula is C15H18FN3O3. The van der Waals surface area contributed by atoms with E-state index in [1.807, 2.05) is 0 Å². The predicted molar refractivity (Wildman–Crippen MR) is 76.4 cm³/mol. The van der Waals surface area contributed by atoms with Crippen LogP contribution >= 0.6 is 0 Å². The van der Waals surface area contributed by atoms with Crippen molar-refractivity contribution >= 4 is 5.91 Å². The first kappa shape index (κ1) is 16.1. The zero-order valence-corrected chi connectivity index (χ0v) is 12.1. The summed E-state index contributed by atoms with van der Waals surface area (Å²) in [5.74, 6) is 0.338. The lowest BCUT2D eigenvalue weighted by atomic mass is 10.1. The molecule has 0 aliphatic heterocycles. The molecule has 0 saturated heterocycles. The van der Waals surface area contributed by atoms with Crippen LogP contribution in [0.25, 0.3) is 11.4 Å². The third-order valence-electron chi connectivity index (χ3n) is 3.24. The minimum absolute atomic E-state index is 0.303. The molecule has 2 N–H and O–H groups in total. The van der Waals surface area contributed by atoms with E-state index in [1.54, 1.807) is 17.6 Å². The van der Waals surface area contributed by atoms with Gasteiger partial charge in [0.1, 0.15) is 5.82 Å². The fourth-order valence-electron chi connectivity index (χ4n) is 2.04. The third-order valence-corrected chi connectivity index (χ3v) is 3.24. The number of halogens is 1. The summed E-state index contributed by atoms with van der Waals surface area (Å²) in [4.78, 5) is 15.1. The van der Waals surface area contributed by atoms with E-state index in [1.165, 1.54) is 12.1 Å². The van der Waals surface area contributed by atoms with E-state index in [0.717, 1.165) is 25.7 Å². The summed E-state index contributed by atoms with van der Waals surface area (Å²) in [5, 5.41) is 12.2. The molecule has 0 saturated carbocycles. The summed E-state index contributed by atoms with van der Waals surface area (Å²) >= 11 is 0. The van der Waals surface area contributed by atoms with E-state index in [9.17, 15) is 9.18 Å². The summed E-state index contributed by atoms with van der Waals surface area (Å²) in [6.45, 7) is 0. The van der Waals surface area contributed by atoms with Crippen molar-refractivity contribution in [1.29, 1.82) is 0 Å². The van der Waals surface area contributed by atoms with Crippen LogP contribution in [0.4, 0.5) is 4.39 Å². The third kappa shape index (κ3) is 4.92. The molecule has 118 valence electrons. The summed E-state index contributed by atoms with van der Waals surface area (Å²) in [6.07, 6.45) is 4.44. The van der Waals surface area contributed by atoms with E-state index in [0.29, 0.717) is 30.1 Å². The van der Waals surface area contributed by atoms with Crippen molar-refractivity contribution in [3.63, 3.8) is 0 Å². The number of unbranched alkanes of at least 4 members (excludes halogenated alkanes) is 3. The van der Waals surface area contributed by atoms with E-state index >= 15 is 0 Å². The highest BCUT2D eigenvalue weighted by Crippen LogP contribution is 2.17. The van der Waals surface area contributed by atoms with Crippen LogP contribution in [-0.2, 0) is 11.2 Å². The number of rotatable bonds is 8. The van der Waals surface area contributed by atoms with Gasteiger partial charge in [0.2, 0.25) is 17.6 Å². The summed E-state index contributed by atoms with van der Waals surface area (Å²) < 4.78 is 18.0. The molecule has 0 aliphatic carbocycles. The van der Waals surface area contributed by atoms with Crippen molar-refractivity contribution in [2.45, 2.75) is 38.5 Å². The standard InChI is InChI=1S/C15H18FN3O3/c16-12-9-7-11(8-10-12)15-17-14(22-19-15)6-4-2-1-3-5-13(20)18-21/h7-10,21H,1-6H2,(H,18,20). The lowest BCUT2D eigenvalue weighted by molar-refractivity contribution is -0.129. The highest BCUT2D eigenvalue weighted by molar-refractivity contribution is 5.74. The molecule has 22 heavy (non-hydrogen) atoms. The molecule has 1 aromatic heterocycles. The number of carbonyl (C=O) groups is 1. The number of amides is 1. The molecule has 2 rings (SSSR count). The molecule has 0 atom stereocenters. The van der Waals surface area contributed by atoms with Crippen LogP contribution in [0.15, 0.2) is 28.8 Å². The van der Waals surface area contributed by atoms with Crippen LogP contribution in [0.5, 0.6) is 0 Å². The van der Waals surface area contributed by atoms with Gasteiger partial charge in [-0.1, -0.05) is 18.0 Å². The van der Waals surface area contributed by atoms with Crippen molar-refractivity contribution < 1.29 is 18.9 Å². The van der Waals surface area contributed by atoms with Crippen LogP contribution < -0.4 is 5.48 Å². The molecule has 1 aromatic carbocycles. The van der Waals surface area contributed by atoms with Gasteiger partial charge in [0, 0.05) is 18.4 Å². The maximum absolute atomic E-state index is 12.8. The van der Waals surface area contributed by atoms with Gasteiger partial charge in [-0.15, -0.1) is 0 Å². The van der Waals surface area contributed by atoms with E-state index in [-0.39, 0.29) is 11.7 Å². The monoisotopic (exact) mass is 307 g/mol. The molecule has 6 nitrogen and oxygen atoms in total. The van der Waals surface area contributed by atoms with E-state index < -0.39 is 0 Å². The first-order valence-electron chi connectivity index (χ1n) is 7.20. The Morgan fingerprint density at radius 1 is 1.18 bits per heavy atom. The van der Waals surface area contributed by atoms with E-state index in [4.69, 9.17) is 9.73 Å².